The number of allylic oxidation sites excluding steroid dienone is 2. The van der Waals surface area contributed by atoms with Crippen LogP contribution in [0.25, 0.3) is 0 Å². The highest BCUT2D eigenvalue weighted by Crippen LogP contribution is 2.40. The third kappa shape index (κ3) is 7.97. The molecule has 0 heterocycles. The van der Waals surface area contributed by atoms with E-state index in [1.165, 1.54) is 38.5 Å². The number of rotatable bonds is 14. The van der Waals surface area contributed by atoms with Crippen LogP contribution in [0.2, 0.25) is 0 Å². The fraction of sp³-hybridized carbons (Fsp3) is 0.833. The maximum Gasteiger partial charge on any atom is 0.310 e. The minimum absolute atomic E-state index is 0.0669. The molecule has 1 aliphatic carbocycles. The van der Waals surface area contributed by atoms with Crippen molar-refractivity contribution in [1.82, 2.24) is 0 Å². The molecule has 0 aromatic heterocycles. The molecule has 0 saturated heterocycles. The van der Waals surface area contributed by atoms with E-state index in [1.54, 1.807) is 0 Å². The summed E-state index contributed by atoms with van der Waals surface area (Å²) >= 11 is 0. The third-order valence-corrected chi connectivity index (χ3v) is 5.81. The molecule has 1 rings (SSSR count). The van der Waals surface area contributed by atoms with Crippen LogP contribution in [0.15, 0.2) is 12.2 Å². The van der Waals surface area contributed by atoms with Gasteiger partial charge in [-0.25, -0.2) is 0 Å². The van der Waals surface area contributed by atoms with Crippen molar-refractivity contribution in [2.75, 3.05) is 13.2 Å². The quantitative estimate of drug-likeness (QED) is 0.203. The van der Waals surface area contributed by atoms with Gasteiger partial charge in [-0.2, -0.15) is 0 Å². The van der Waals surface area contributed by atoms with Crippen molar-refractivity contribution in [2.45, 2.75) is 91.9 Å². The van der Waals surface area contributed by atoms with E-state index in [1.807, 2.05) is 13.8 Å². The highest BCUT2D eigenvalue weighted by Gasteiger charge is 2.45. The molecule has 0 saturated carbocycles. The molecule has 0 radical (unpaired) electrons. The monoisotopic (exact) mass is 394 g/mol. The first-order valence-corrected chi connectivity index (χ1v) is 11.6. The SMILES string of the molecule is CCCCCCC1C=CC(CCCCCC)C(C(=O)OCC)C1C(=O)OCC. The Morgan fingerprint density at radius 3 is 1.36 bits per heavy atom. The average Bonchev–Trinajstić information content (AvgIpc) is 2.69. The van der Waals surface area contributed by atoms with Gasteiger partial charge in [-0.05, 0) is 38.5 Å². The second-order valence-corrected chi connectivity index (χ2v) is 7.97. The van der Waals surface area contributed by atoms with Gasteiger partial charge >= 0.3 is 11.9 Å². The van der Waals surface area contributed by atoms with E-state index < -0.39 is 11.8 Å². The number of unbranched alkanes of at least 4 members (excludes halogenated alkanes) is 6. The number of hydrogen-bond acceptors (Lipinski definition) is 4. The van der Waals surface area contributed by atoms with Gasteiger partial charge < -0.3 is 9.47 Å². The van der Waals surface area contributed by atoms with Crippen molar-refractivity contribution in [3.05, 3.63) is 12.2 Å². The summed E-state index contributed by atoms with van der Waals surface area (Å²) in [6.07, 6.45) is 15.5. The Bertz CT molecular complexity index is 429. The Hall–Kier alpha value is -1.32. The molecule has 28 heavy (non-hydrogen) atoms. The van der Waals surface area contributed by atoms with Gasteiger partial charge in [0.2, 0.25) is 0 Å². The molecular formula is C24H42O4. The molecule has 4 unspecified atom stereocenters. The molecule has 4 atom stereocenters. The van der Waals surface area contributed by atoms with Crippen LogP contribution in [0.1, 0.15) is 91.9 Å². The van der Waals surface area contributed by atoms with Crippen molar-refractivity contribution in [1.29, 1.82) is 0 Å². The summed E-state index contributed by atoms with van der Waals surface area (Å²) in [5, 5.41) is 0. The zero-order valence-corrected chi connectivity index (χ0v) is 18.6. The van der Waals surface area contributed by atoms with E-state index in [0.717, 1.165) is 25.7 Å². The van der Waals surface area contributed by atoms with Gasteiger partial charge in [0.15, 0.2) is 0 Å². The average molecular weight is 395 g/mol. The molecule has 1 aliphatic rings. The maximum absolute atomic E-state index is 12.9. The molecule has 0 amide bonds. The van der Waals surface area contributed by atoms with E-state index >= 15 is 0 Å². The molecule has 0 aromatic rings. The lowest BCUT2D eigenvalue weighted by Crippen LogP contribution is -2.43. The molecule has 4 heteroatoms. The van der Waals surface area contributed by atoms with Crippen LogP contribution in [-0.4, -0.2) is 25.2 Å². The van der Waals surface area contributed by atoms with Crippen molar-refractivity contribution in [3.8, 4) is 0 Å². The standard InChI is InChI=1S/C24H42O4/c1-5-9-11-13-15-19-17-18-20(16-14-12-10-6-2)22(24(26)28-8-4)21(19)23(25)27-7-3/h17-22H,5-16H2,1-4H3. The number of carbonyl (C=O) groups is 2. The first-order chi connectivity index (χ1) is 13.6. The van der Waals surface area contributed by atoms with E-state index in [-0.39, 0.29) is 23.8 Å². The van der Waals surface area contributed by atoms with Gasteiger partial charge in [0, 0.05) is 0 Å². The first kappa shape index (κ1) is 24.7. The summed E-state index contributed by atoms with van der Waals surface area (Å²) in [5.41, 5.74) is 0. The number of carbonyl (C=O) groups excluding carboxylic acids is 2. The lowest BCUT2D eigenvalue weighted by Gasteiger charge is -2.37. The van der Waals surface area contributed by atoms with E-state index in [0.29, 0.717) is 13.2 Å². The van der Waals surface area contributed by atoms with Gasteiger partial charge in [0.05, 0.1) is 25.0 Å². The summed E-state index contributed by atoms with van der Waals surface area (Å²) in [4.78, 5) is 25.7. The highest BCUT2D eigenvalue weighted by atomic mass is 16.5. The Morgan fingerprint density at radius 1 is 0.643 bits per heavy atom. The second kappa shape index (κ2) is 14.6. The molecule has 0 fully saturated rings. The molecule has 162 valence electrons. The van der Waals surface area contributed by atoms with Crippen LogP contribution < -0.4 is 0 Å². The topological polar surface area (TPSA) is 52.6 Å². The van der Waals surface area contributed by atoms with Crippen LogP contribution in [0.5, 0.6) is 0 Å². The minimum atomic E-state index is -0.415. The lowest BCUT2D eigenvalue weighted by molar-refractivity contribution is -0.164. The number of ether oxygens (including phenoxy) is 2. The van der Waals surface area contributed by atoms with E-state index in [9.17, 15) is 9.59 Å². The lowest BCUT2D eigenvalue weighted by atomic mass is 9.67. The summed E-state index contributed by atoms with van der Waals surface area (Å²) in [6.45, 7) is 8.74. The van der Waals surface area contributed by atoms with E-state index in [4.69, 9.17) is 9.47 Å². The highest BCUT2D eigenvalue weighted by molar-refractivity contribution is 5.83. The molecule has 0 spiro atoms. The summed E-state index contributed by atoms with van der Waals surface area (Å²) in [5.74, 6) is -1.16. The van der Waals surface area contributed by atoms with Crippen LogP contribution in [0.3, 0.4) is 0 Å². The van der Waals surface area contributed by atoms with Gasteiger partial charge in [-0.3, -0.25) is 9.59 Å². The number of hydrogen-bond donors (Lipinski definition) is 0. The minimum Gasteiger partial charge on any atom is -0.466 e. The Balaban J connectivity index is 3.00. The van der Waals surface area contributed by atoms with E-state index in [2.05, 4.69) is 26.0 Å². The largest absolute Gasteiger partial charge is 0.466 e. The molecular weight excluding hydrogens is 352 g/mol. The molecule has 0 bridgehead atoms. The van der Waals surface area contributed by atoms with Crippen LogP contribution >= 0.6 is 0 Å². The van der Waals surface area contributed by atoms with Gasteiger partial charge in [-0.1, -0.05) is 77.4 Å². The molecule has 4 nitrogen and oxygen atoms in total. The fourth-order valence-corrected chi connectivity index (χ4v) is 4.34. The predicted octanol–water partition coefficient (Wildman–Crippen LogP) is 6.09. The van der Waals surface area contributed by atoms with Crippen LogP contribution in [-0.2, 0) is 19.1 Å². The van der Waals surface area contributed by atoms with Crippen LogP contribution in [0.4, 0.5) is 0 Å². The fourth-order valence-electron chi connectivity index (χ4n) is 4.34. The summed E-state index contributed by atoms with van der Waals surface area (Å²) < 4.78 is 10.8. The maximum atomic E-state index is 12.9. The Kier molecular flexibility index (Phi) is 12.9. The zero-order valence-electron chi connectivity index (χ0n) is 18.6. The normalized spacial score (nSPS) is 24.1. The summed E-state index contributed by atoms with van der Waals surface area (Å²) in [7, 11) is 0. The molecule has 0 aliphatic heterocycles. The number of esters is 2. The third-order valence-electron chi connectivity index (χ3n) is 5.81. The van der Waals surface area contributed by atoms with Crippen molar-refractivity contribution in [2.24, 2.45) is 23.7 Å². The van der Waals surface area contributed by atoms with Crippen LogP contribution in [0, 0.1) is 23.7 Å². The second-order valence-electron chi connectivity index (χ2n) is 7.97. The van der Waals surface area contributed by atoms with Gasteiger partial charge in [-0.15, -0.1) is 0 Å². The van der Waals surface area contributed by atoms with Gasteiger partial charge in [0.25, 0.3) is 0 Å². The Labute approximate surface area is 172 Å². The first-order valence-electron chi connectivity index (χ1n) is 11.6. The Morgan fingerprint density at radius 2 is 1.04 bits per heavy atom. The summed E-state index contributed by atoms with van der Waals surface area (Å²) in [6, 6.07) is 0. The molecule has 0 aromatic carbocycles. The predicted molar refractivity (Wildman–Crippen MR) is 114 cm³/mol. The smallest absolute Gasteiger partial charge is 0.310 e. The van der Waals surface area contributed by atoms with Crippen molar-refractivity contribution >= 4 is 11.9 Å². The van der Waals surface area contributed by atoms with Gasteiger partial charge in [0.1, 0.15) is 0 Å². The van der Waals surface area contributed by atoms with Crippen molar-refractivity contribution < 1.29 is 19.1 Å². The van der Waals surface area contributed by atoms with Crippen molar-refractivity contribution in [3.63, 3.8) is 0 Å². The zero-order chi connectivity index (χ0) is 20.8. The molecule has 0 N–H and O–H groups in total.